The molecule has 0 saturated heterocycles. The van der Waals surface area contributed by atoms with Gasteiger partial charge in [-0.15, -0.1) is 0 Å². The molecule has 2 aromatic carbocycles. The van der Waals surface area contributed by atoms with E-state index >= 15 is 0 Å². The number of benzene rings is 2. The van der Waals surface area contributed by atoms with Gasteiger partial charge in [0.2, 0.25) is 12.5 Å². The summed E-state index contributed by atoms with van der Waals surface area (Å²) in [5, 5.41) is 0. The first kappa shape index (κ1) is 16.5. The van der Waals surface area contributed by atoms with Gasteiger partial charge in [-0.1, -0.05) is 12.1 Å². The first-order valence-electron chi connectivity index (χ1n) is 8.68. The molecule has 0 unspecified atom stereocenters. The molecule has 0 aliphatic carbocycles. The molecule has 5 rings (SSSR count). The zero-order valence-electron chi connectivity index (χ0n) is 14.6. The summed E-state index contributed by atoms with van der Waals surface area (Å²) < 4.78 is 22.5. The standard InChI is InChI=1S/C21H20O5/c1-23-18-9-5-14-3-7-17(8-4-14)26-20-11-15(2-6-16(22)12-18)10-19-21(20)25-13-24-19/h3-4,7-8,10-12H,2,5-6,9,13H2,1H3. The van der Waals surface area contributed by atoms with Crippen LogP contribution >= 0.6 is 0 Å². The van der Waals surface area contributed by atoms with Crippen molar-refractivity contribution in [3.05, 3.63) is 59.4 Å². The minimum absolute atomic E-state index is 0.0478. The Balaban J connectivity index is 1.72. The molecule has 5 heteroatoms. The van der Waals surface area contributed by atoms with Crippen LogP contribution in [0.4, 0.5) is 0 Å². The predicted molar refractivity (Wildman–Crippen MR) is 95.8 cm³/mol. The van der Waals surface area contributed by atoms with Gasteiger partial charge in [-0.05, 0) is 48.2 Å². The molecule has 0 amide bonds. The van der Waals surface area contributed by atoms with Gasteiger partial charge in [-0.2, -0.15) is 0 Å². The number of ether oxygens (including phenoxy) is 4. The highest BCUT2D eigenvalue weighted by Crippen LogP contribution is 2.44. The number of hydrogen-bond donors (Lipinski definition) is 0. The lowest BCUT2D eigenvalue weighted by Crippen LogP contribution is -2.00. The van der Waals surface area contributed by atoms with Crippen LogP contribution in [-0.4, -0.2) is 19.7 Å². The maximum Gasteiger partial charge on any atom is 0.231 e. The van der Waals surface area contributed by atoms with E-state index in [1.54, 1.807) is 13.2 Å². The van der Waals surface area contributed by atoms with Gasteiger partial charge in [-0.25, -0.2) is 0 Å². The lowest BCUT2D eigenvalue weighted by atomic mass is 10.0. The average molecular weight is 352 g/mol. The van der Waals surface area contributed by atoms with Gasteiger partial charge in [0.25, 0.3) is 0 Å². The van der Waals surface area contributed by atoms with Crippen molar-refractivity contribution in [3.8, 4) is 23.0 Å². The molecular weight excluding hydrogens is 332 g/mol. The average Bonchev–Trinajstić information content (AvgIpc) is 3.12. The van der Waals surface area contributed by atoms with Gasteiger partial charge in [-0.3, -0.25) is 4.79 Å². The Labute approximate surface area is 152 Å². The summed E-state index contributed by atoms with van der Waals surface area (Å²) in [4.78, 5) is 12.3. The van der Waals surface area contributed by atoms with E-state index in [0.29, 0.717) is 42.3 Å². The minimum Gasteiger partial charge on any atom is -0.501 e. The van der Waals surface area contributed by atoms with E-state index in [0.717, 1.165) is 23.3 Å². The number of fused-ring (bicyclic) bond motifs is 8. The van der Waals surface area contributed by atoms with Gasteiger partial charge in [0, 0.05) is 18.9 Å². The second kappa shape index (κ2) is 7.12. The second-order valence-electron chi connectivity index (χ2n) is 6.35. The number of carbonyl (C=O) groups excluding carboxylic acids is 1. The molecule has 0 spiro atoms. The van der Waals surface area contributed by atoms with Crippen LogP contribution in [0.2, 0.25) is 0 Å². The van der Waals surface area contributed by atoms with Crippen molar-refractivity contribution in [2.75, 3.05) is 13.9 Å². The Kier molecular flexibility index (Phi) is 4.52. The molecule has 0 radical (unpaired) electrons. The van der Waals surface area contributed by atoms with Crippen molar-refractivity contribution in [2.45, 2.75) is 25.7 Å². The molecule has 0 atom stereocenters. The first-order valence-corrected chi connectivity index (χ1v) is 8.68. The summed E-state index contributed by atoms with van der Waals surface area (Å²) in [6.07, 6.45) is 4.09. The van der Waals surface area contributed by atoms with Crippen LogP contribution in [0, 0.1) is 0 Å². The van der Waals surface area contributed by atoms with Gasteiger partial charge in [0.15, 0.2) is 17.3 Å². The molecule has 3 heterocycles. The third-order valence-corrected chi connectivity index (χ3v) is 4.55. The van der Waals surface area contributed by atoms with E-state index in [9.17, 15) is 4.79 Å². The highest BCUT2D eigenvalue weighted by atomic mass is 16.7. The number of carbonyl (C=O) groups is 1. The summed E-state index contributed by atoms with van der Waals surface area (Å²) in [5.41, 5.74) is 2.12. The van der Waals surface area contributed by atoms with E-state index in [2.05, 4.69) is 0 Å². The van der Waals surface area contributed by atoms with Crippen LogP contribution < -0.4 is 14.2 Å². The fraction of sp³-hybridized carbons (Fsp3) is 0.286. The number of ketones is 1. The van der Waals surface area contributed by atoms with Crippen LogP contribution in [-0.2, 0) is 22.4 Å². The molecule has 3 aliphatic rings. The summed E-state index contributed by atoms with van der Waals surface area (Å²) in [6.45, 7) is 0.174. The van der Waals surface area contributed by atoms with Crippen molar-refractivity contribution in [1.29, 1.82) is 0 Å². The van der Waals surface area contributed by atoms with E-state index in [1.807, 2.05) is 36.4 Å². The van der Waals surface area contributed by atoms with Crippen molar-refractivity contribution in [2.24, 2.45) is 0 Å². The fourth-order valence-electron chi connectivity index (χ4n) is 3.12. The lowest BCUT2D eigenvalue weighted by molar-refractivity contribution is -0.114. The topological polar surface area (TPSA) is 54.0 Å². The maximum absolute atomic E-state index is 12.3. The number of allylic oxidation sites excluding steroid dienone is 2. The van der Waals surface area contributed by atoms with Crippen LogP contribution in [0.3, 0.4) is 0 Å². The van der Waals surface area contributed by atoms with Gasteiger partial charge >= 0.3 is 0 Å². The summed E-state index contributed by atoms with van der Waals surface area (Å²) >= 11 is 0. The van der Waals surface area contributed by atoms with Crippen LogP contribution in [0.1, 0.15) is 24.0 Å². The number of hydrogen-bond acceptors (Lipinski definition) is 5. The molecule has 0 N–H and O–H groups in total. The molecular formula is C21H20O5. The Bertz CT molecular complexity index is 851. The zero-order chi connectivity index (χ0) is 17.9. The van der Waals surface area contributed by atoms with Gasteiger partial charge in [0.1, 0.15) is 5.75 Å². The summed E-state index contributed by atoms with van der Waals surface area (Å²) in [5.74, 6) is 3.35. The molecule has 0 saturated carbocycles. The Hall–Kier alpha value is -2.95. The minimum atomic E-state index is 0.0478. The fourth-order valence-corrected chi connectivity index (χ4v) is 3.12. The van der Waals surface area contributed by atoms with Crippen LogP contribution in [0.25, 0.3) is 0 Å². The van der Waals surface area contributed by atoms with Gasteiger partial charge < -0.3 is 18.9 Å². The quantitative estimate of drug-likeness (QED) is 0.770. The Morgan fingerprint density at radius 2 is 1.65 bits per heavy atom. The van der Waals surface area contributed by atoms with Crippen molar-refractivity contribution < 1.29 is 23.7 Å². The van der Waals surface area contributed by atoms with Crippen molar-refractivity contribution in [3.63, 3.8) is 0 Å². The predicted octanol–water partition coefficient (Wildman–Crippen LogP) is 4.19. The van der Waals surface area contributed by atoms with E-state index in [-0.39, 0.29) is 12.6 Å². The SMILES string of the molecule is COC1=CC(=O)CCc2cc3c(c(c2)Oc2ccc(cc2)CC1)OCO3. The molecule has 4 bridgehead atoms. The Morgan fingerprint density at radius 3 is 2.46 bits per heavy atom. The van der Waals surface area contributed by atoms with Crippen LogP contribution in [0.15, 0.2) is 48.2 Å². The highest BCUT2D eigenvalue weighted by Gasteiger charge is 2.21. The first-order chi connectivity index (χ1) is 12.7. The molecule has 5 nitrogen and oxygen atoms in total. The molecule has 2 aromatic rings. The smallest absolute Gasteiger partial charge is 0.231 e. The molecule has 134 valence electrons. The van der Waals surface area contributed by atoms with Crippen molar-refractivity contribution in [1.82, 2.24) is 0 Å². The molecule has 26 heavy (non-hydrogen) atoms. The summed E-state index contributed by atoms with van der Waals surface area (Å²) in [6, 6.07) is 11.7. The van der Waals surface area contributed by atoms with Crippen molar-refractivity contribution >= 4 is 5.78 Å². The third kappa shape index (κ3) is 3.52. The number of aryl methyl sites for hydroxylation is 2. The highest BCUT2D eigenvalue weighted by molar-refractivity contribution is 5.90. The van der Waals surface area contributed by atoms with Gasteiger partial charge in [0.05, 0.1) is 12.9 Å². The van der Waals surface area contributed by atoms with E-state index in [1.165, 1.54) is 0 Å². The molecule has 3 aliphatic heterocycles. The summed E-state index contributed by atoms with van der Waals surface area (Å²) in [7, 11) is 1.61. The van der Waals surface area contributed by atoms with E-state index < -0.39 is 0 Å². The molecule has 0 fully saturated rings. The number of rotatable bonds is 1. The monoisotopic (exact) mass is 352 g/mol. The van der Waals surface area contributed by atoms with Crippen LogP contribution in [0.5, 0.6) is 23.0 Å². The van der Waals surface area contributed by atoms with E-state index in [4.69, 9.17) is 18.9 Å². The zero-order valence-corrected chi connectivity index (χ0v) is 14.6. The largest absolute Gasteiger partial charge is 0.501 e. The second-order valence-corrected chi connectivity index (χ2v) is 6.35. The normalized spacial score (nSPS) is 16.3. The Morgan fingerprint density at radius 1 is 0.885 bits per heavy atom. The lowest BCUT2D eigenvalue weighted by Gasteiger charge is -2.11. The maximum atomic E-state index is 12.3. The third-order valence-electron chi connectivity index (χ3n) is 4.55. The number of methoxy groups -OCH3 is 1. The molecule has 0 aromatic heterocycles.